The number of benzene rings is 3. The third-order valence-electron chi connectivity index (χ3n) is 5.22. The second-order valence-electron chi connectivity index (χ2n) is 8.13. The molecular weight excluding hydrogens is 507 g/mol. The van der Waals surface area contributed by atoms with Gasteiger partial charge in [-0.25, -0.2) is 4.39 Å². The predicted molar refractivity (Wildman–Crippen MR) is 134 cm³/mol. The first-order valence-electron chi connectivity index (χ1n) is 11.6. The van der Waals surface area contributed by atoms with Crippen LogP contribution >= 0.6 is 0 Å². The van der Waals surface area contributed by atoms with E-state index in [9.17, 15) is 13.9 Å². The summed E-state index contributed by atoms with van der Waals surface area (Å²) >= 11 is 0. The zero-order valence-corrected chi connectivity index (χ0v) is 24.4. The quantitative estimate of drug-likeness (QED) is 0.296. The number of nitrogens with one attached hydrogen (secondary N) is 1. The van der Waals surface area contributed by atoms with E-state index in [1.807, 2.05) is 31.1 Å². The summed E-state index contributed by atoms with van der Waals surface area (Å²) in [5.41, 5.74) is 2.16. The third kappa shape index (κ3) is 11.7. The van der Waals surface area contributed by atoms with E-state index in [0.29, 0.717) is 36.1 Å². The largest absolute Gasteiger partial charge is 1.00 e. The van der Waals surface area contributed by atoms with Crippen LogP contribution in [0.3, 0.4) is 0 Å². The number of carbonyl (C=O) groups is 1. The first-order chi connectivity index (χ1) is 17.5. The van der Waals surface area contributed by atoms with Crippen molar-refractivity contribution in [2.75, 3.05) is 19.8 Å². The Kier molecular flexibility index (Phi) is 16.7. The maximum atomic E-state index is 13.9. The summed E-state index contributed by atoms with van der Waals surface area (Å²) in [6, 6.07) is 20.5. The number of aliphatic hydroxyl groups excluding tert-OH is 2. The second kappa shape index (κ2) is 18.5. The summed E-state index contributed by atoms with van der Waals surface area (Å²) in [7, 11) is 0. The maximum absolute atomic E-state index is 13.9. The molecule has 0 spiro atoms. The Morgan fingerprint density at radius 3 is 2.41 bits per heavy atom. The zero-order valence-electron chi connectivity index (χ0n) is 21.3. The number of halogens is 2. The van der Waals surface area contributed by atoms with Crippen LogP contribution in [0.1, 0.15) is 25.3 Å². The Hall–Kier alpha value is -1.69. The van der Waals surface area contributed by atoms with Crippen molar-refractivity contribution >= 4 is 6.79 Å². The summed E-state index contributed by atoms with van der Waals surface area (Å²) in [5, 5.41) is 20.9. The molecule has 1 aliphatic heterocycles. The van der Waals surface area contributed by atoms with Crippen molar-refractivity contribution in [3.8, 4) is 22.6 Å². The first-order valence-corrected chi connectivity index (χ1v) is 11.6. The Labute approximate surface area is 259 Å². The maximum Gasteiger partial charge on any atom is 1.00 e. The number of rotatable bonds is 8. The predicted octanol–water partition coefficient (Wildman–Crippen LogP) is 1.32. The van der Waals surface area contributed by atoms with Gasteiger partial charge in [-0.15, -0.1) is 5.56 Å². The number of ether oxygens (including phenoxy) is 2. The van der Waals surface area contributed by atoms with Gasteiger partial charge in [-0.05, 0) is 61.7 Å². The molecule has 3 N–H and O–H groups in total. The molecule has 3 aromatic carbocycles. The van der Waals surface area contributed by atoms with Gasteiger partial charge in [-0.3, -0.25) is 0 Å². The molecule has 1 saturated heterocycles. The molecule has 0 aliphatic carbocycles. The van der Waals surface area contributed by atoms with Crippen LogP contribution in [-0.2, 0) is 11.4 Å². The van der Waals surface area contributed by atoms with Gasteiger partial charge >= 0.3 is 51.4 Å². The molecule has 0 bridgehead atoms. The molecule has 0 aromatic heterocycles. The van der Waals surface area contributed by atoms with Crippen molar-refractivity contribution in [2.45, 2.75) is 38.5 Å². The molecule has 0 saturated carbocycles. The van der Waals surface area contributed by atoms with E-state index in [-0.39, 0.29) is 63.7 Å². The van der Waals surface area contributed by atoms with E-state index >= 15 is 0 Å². The van der Waals surface area contributed by atoms with Gasteiger partial charge in [0.25, 0.3) is 0 Å². The van der Waals surface area contributed by atoms with E-state index in [1.54, 1.807) is 24.3 Å². The smallest absolute Gasteiger partial charge is 0.501 e. The summed E-state index contributed by atoms with van der Waals surface area (Å²) in [6.07, 6.45) is 1.59. The summed E-state index contributed by atoms with van der Waals surface area (Å²) in [4.78, 5) is 8.00. The standard InChI is InChI=1S/C22H19F2O3.C5H11NO.CH2O.K/c1-15(25)13-27-21-12-18(11-20(23)22(21)24)17-7-9-19(10-8-17)26-14-16-5-3-2-4-6-16;7-4-5-2-1-3-6-5;1-2;/h2-3,5-12,15,25H,13-14H2,1H3;5-7H,1-4H2;1H2;/q-1;;;+1. The van der Waals surface area contributed by atoms with Crippen LogP contribution in [0, 0.1) is 17.7 Å². The minimum Gasteiger partial charge on any atom is -0.501 e. The molecule has 1 heterocycles. The van der Waals surface area contributed by atoms with Crippen LogP contribution in [-0.4, -0.2) is 48.9 Å². The molecule has 1 fully saturated rings. The molecule has 6 nitrogen and oxygen atoms in total. The van der Waals surface area contributed by atoms with Gasteiger partial charge in [0.05, 0.1) is 19.3 Å². The summed E-state index contributed by atoms with van der Waals surface area (Å²) < 4.78 is 38.6. The molecular formula is C28H32F2KNO5. The molecule has 37 heavy (non-hydrogen) atoms. The molecule has 0 amide bonds. The molecule has 194 valence electrons. The van der Waals surface area contributed by atoms with Crippen molar-refractivity contribution in [2.24, 2.45) is 0 Å². The van der Waals surface area contributed by atoms with Crippen molar-refractivity contribution < 1.29 is 84.6 Å². The number of hydrogen-bond acceptors (Lipinski definition) is 6. The van der Waals surface area contributed by atoms with E-state index in [4.69, 9.17) is 19.4 Å². The average Bonchev–Trinajstić information content (AvgIpc) is 3.45. The van der Waals surface area contributed by atoms with Crippen LogP contribution in [0.2, 0.25) is 0 Å². The Bertz CT molecular complexity index is 1030. The fourth-order valence-corrected chi connectivity index (χ4v) is 3.39. The Balaban J connectivity index is 0.000000585. The van der Waals surface area contributed by atoms with Gasteiger partial charge < -0.3 is 29.8 Å². The van der Waals surface area contributed by atoms with E-state index < -0.39 is 17.7 Å². The van der Waals surface area contributed by atoms with Crippen molar-refractivity contribution in [1.82, 2.24) is 5.32 Å². The zero-order chi connectivity index (χ0) is 26.3. The third-order valence-corrected chi connectivity index (χ3v) is 5.22. The van der Waals surface area contributed by atoms with E-state index in [1.165, 1.54) is 19.4 Å². The molecule has 2 unspecified atom stereocenters. The normalized spacial score (nSPS) is 14.7. The molecule has 1 aliphatic rings. The Morgan fingerprint density at radius 2 is 1.86 bits per heavy atom. The molecule has 4 rings (SSSR count). The minimum absolute atomic E-state index is 0. The number of carbonyl (C=O) groups excluding carboxylic acids is 1. The van der Waals surface area contributed by atoms with Crippen molar-refractivity contribution in [3.63, 3.8) is 0 Å². The monoisotopic (exact) mass is 539 g/mol. The van der Waals surface area contributed by atoms with Crippen LogP contribution in [0.25, 0.3) is 11.1 Å². The minimum atomic E-state index is -1.07. The fourth-order valence-electron chi connectivity index (χ4n) is 3.39. The van der Waals surface area contributed by atoms with Gasteiger partial charge in [0.2, 0.25) is 5.82 Å². The molecule has 2 atom stereocenters. The number of aliphatic hydroxyl groups is 2. The molecule has 3 aromatic rings. The van der Waals surface area contributed by atoms with Crippen LogP contribution in [0.5, 0.6) is 11.5 Å². The topological polar surface area (TPSA) is 88.0 Å². The fraction of sp³-hybridized carbons (Fsp3) is 0.321. The van der Waals surface area contributed by atoms with E-state index in [2.05, 4.69) is 11.4 Å². The van der Waals surface area contributed by atoms with E-state index in [0.717, 1.165) is 24.6 Å². The van der Waals surface area contributed by atoms with Gasteiger partial charge in [-0.2, -0.15) is 34.7 Å². The number of hydrogen-bond donors (Lipinski definition) is 3. The Morgan fingerprint density at radius 1 is 1.14 bits per heavy atom. The van der Waals surface area contributed by atoms with Crippen LogP contribution in [0.15, 0.2) is 60.7 Å². The summed E-state index contributed by atoms with van der Waals surface area (Å²) in [5.74, 6) is -1.64. The van der Waals surface area contributed by atoms with Gasteiger partial charge in [-0.1, -0.05) is 12.1 Å². The second-order valence-corrected chi connectivity index (χ2v) is 8.13. The average molecular weight is 540 g/mol. The van der Waals surface area contributed by atoms with Gasteiger partial charge in [0.1, 0.15) is 19.1 Å². The van der Waals surface area contributed by atoms with Gasteiger partial charge in [0, 0.05) is 6.04 Å². The molecule has 9 heteroatoms. The molecule has 0 radical (unpaired) electrons. The first kappa shape index (κ1) is 33.3. The summed E-state index contributed by atoms with van der Waals surface area (Å²) in [6.45, 7) is 5.19. The van der Waals surface area contributed by atoms with Gasteiger partial charge in [0.15, 0.2) is 11.6 Å². The SMILES string of the molecule is C=O.CC(O)COc1cc(-c2ccc(OCc3c[c-]ccc3)cc2)cc(F)c1F.OCC1CCCN1.[K+]. The van der Waals surface area contributed by atoms with Crippen LogP contribution < -0.4 is 66.2 Å². The van der Waals surface area contributed by atoms with Crippen molar-refractivity contribution in [1.29, 1.82) is 0 Å². The van der Waals surface area contributed by atoms with Crippen LogP contribution in [0.4, 0.5) is 8.78 Å². The van der Waals surface area contributed by atoms with Crippen molar-refractivity contribution in [3.05, 3.63) is 83.9 Å².